The summed E-state index contributed by atoms with van der Waals surface area (Å²) < 4.78 is 13.5. The molecule has 0 amide bonds. The summed E-state index contributed by atoms with van der Waals surface area (Å²) in [5.74, 6) is 1.78. The Kier molecular flexibility index (Phi) is 7.09. The first kappa shape index (κ1) is 20.4. The number of aromatic nitrogens is 2. The SMILES string of the molecule is CCOC(=O)[C@]1(CCOc2ccccc2)CCCN(Cc2nccn2CC)C1. The number of nitrogens with zero attached hydrogens (tertiary/aromatic N) is 3. The molecule has 6 nitrogen and oxygen atoms in total. The summed E-state index contributed by atoms with van der Waals surface area (Å²) in [6.07, 6.45) is 6.31. The van der Waals surface area contributed by atoms with Gasteiger partial charge in [0.25, 0.3) is 0 Å². The smallest absolute Gasteiger partial charge is 0.313 e. The van der Waals surface area contributed by atoms with E-state index in [1.807, 2.05) is 49.6 Å². The highest BCUT2D eigenvalue weighted by atomic mass is 16.5. The van der Waals surface area contributed by atoms with E-state index in [4.69, 9.17) is 9.47 Å². The summed E-state index contributed by atoms with van der Waals surface area (Å²) >= 11 is 0. The van der Waals surface area contributed by atoms with Crippen molar-refractivity contribution in [1.82, 2.24) is 14.5 Å². The number of rotatable bonds is 9. The van der Waals surface area contributed by atoms with Gasteiger partial charge in [-0.05, 0) is 51.8 Å². The van der Waals surface area contributed by atoms with Crippen LogP contribution in [0.4, 0.5) is 0 Å². The number of para-hydroxylation sites is 1. The fraction of sp³-hybridized carbons (Fsp3) is 0.545. The van der Waals surface area contributed by atoms with Gasteiger partial charge in [-0.3, -0.25) is 9.69 Å². The van der Waals surface area contributed by atoms with Crippen LogP contribution in [0.5, 0.6) is 5.75 Å². The van der Waals surface area contributed by atoms with Crippen molar-refractivity contribution in [3.05, 3.63) is 48.5 Å². The fourth-order valence-corrected chi connectivity index (χ4v) is 3.98. The highest BCUT2D eigenvalue weighted by Crippen LogP contribution is 2.36. The van der Waals surface area contributed by atoms with Gasteiger partial charge in [-0.25, -0.2) is 4.98 Å². The van der Waals surface area contributed by atoms with Crippen LogP contribution in [0, 0.1) is 5.41 Å². The lowest BCUT2D eigenvalue weighted by Gasteiger charge is -2.40. The van der Waals surface area contributed by atoms with Gasteiger partial charge in [0.1, 0.15) is 11.6 Å². The number of hydrogen-bond acceptors (Lipinski definition) is 5. The molecular weight excluding hydrogens is 354 g/mol. The monoisotopic (exact) mass is 385 g/mol. The number of carbonyl (C=O) groups excluding carboxylic acids is 1. The van der Waals surface area contributed by atoms with Crippen molar-refractivity contribution in [2.45, 2.75) is 46.2 Å². The van der Waals surface area contributed by atoms with Crippen LogP contribution in [-0.2, 0) is 22.6 Å². The second-order valence-corrected chi connectivity index (χ2v) is 7.36. The Morgan fingerprint density at radius 1 is 1.25 bits per heavy atom. The van der Waals surface area contributed by atoms with Crippen molar-refractivity contribution in [2.24, 2.45) is 5.41 Å². The van der Waals surface area contributed by atoms with Gasteiger partial charge in [-0.1, -0.05) is 18.2 Å². The van der Waals surface area contributed by atoms with Gasteiger partial charge in [0, 0.05) is 25.5 Å². The molecule has 0 N–H and O–H groups in total. The zero-order valence-corrected chi connectivity index (χ0v) is 17.0. The highest BCUT2D eigenvalue weighted by Gasteiger charge is 2.43. The predicted molar refractivity (Wildman–Crippen MR) is 108 cm³/mol. The number of hydrogen-bond donors (Lipinski definition) is 0. The van der Waals surface area contributed by atoms with Gasteiger partial charge < -0.3 is 14.0 Å². The molecule has 28 heavy (non-hydrogen) atoms. The van der Waals surface area contributed by atoms with Crippen molar-refractivity contribution < 1.29 is 14.3 Å². The van der Waals surface area contributed by atoms with E-state index in [1.54, 1.807) is 0 Å². The van der Waals surface area contributed by atoms with Gasteiger partial charge in [-0.2, -0.15) is 0 Å². The molecule has 0 unspecified atom stereocenters. The summed E-state index contributed by atoms with van der Waals surface area (Å²) in [4.78, 5) is 19.7. The molecule has 152 valence electrons. The molecule has 2 aromatic rings. The third-order valence-corrected chi connectivity index (χ3v) is 5.46. The molecule has 1 aliphatic heterocycles. The number of carbonyl (C=O) groups is 1. The molecule has 1 atom stereocenters. The molecule has 0 bridgehead atoms. The van der Waals surface area contributed by atoms with E-state index in [9.17, 15) is 4.79 Å². The molecule has 0 saturated carbocycles. The maximum Gasteiger partial charge on any atom is 0.313 e. The number of piperidine rings is 1. The van der Waals surface area contributed by atoms with E-state index in [2.05, 4.69) is 21.4 Å². The van der Waals surface area contributed by atoms with Crippen LogP contribution in [0.2, 0.25) is 0 Å². The fourth-order valence-electron chi connectivity index (χ4n) is 3.98. The molecule has 1 aliphatic rings. The maximum atomic E-state index is 12.9. The third kappa shape index (κ3) is 4.93. The van der Waals surface area contributed by atoms with Gasteiger partial charge in [0.2, 0.25) is 0 Å². The second-order valence-electron chi connectivity index (χ2n) is 7.36. The van der Waals surface area contributed by atoms with Crippen LogP contribution in [0.3, 0.4) is 0 Å². The Bertz CT molecular complexity index is 746. The number of esters is 1. The van der Waals surface area contributed by atoms with Crippen molar-refractivity contribution in [1.29, 1.82) is 0 Å². The maximum absolute atomic E-state index is 12.9. The molecule has 6 heteroatoms. The van der Waals surface area contributed by atoms with Crippen LogP contribution in [0.15, 0.2) is 42.7 Å². The zero-order chi connectivity index (χ0) is 19.8. The molecule has 0 aliphatic carbocycles. The summed E-state index contributed by atoms with van der Waals surface area (Å²) in [5, 5.41) is 0. The molecule has 1 fully saturated rings. The normalized spacial score (nSPS) is 20.1. The standard InChI is InChI=1S/C22H31N3O3/c1-3-25-15-13-23-20(25)17-24-14-8-11-22(18-24,21(26)27-4-2)12-16-28-19-9-6-5-7-10-19/h5-7,9-10,13,15H,3-4,8,11-12,14,16-18H2,1-2H3/t22-/m0/s1. The minimum absolute atomic E-state index is 0.102. The minimum atomic E-state index is -0.521. The average Bonchev–Trinajstić information content (AvgIpc) is 3.16. The second kappa shape index (κ2) is 9.73. The van der Waals surface area contributed by atoms with E-state index in [0.717, 1.165) is 44.0 Å². The van der Waals surface area contributed by atoms with E-state index >= 15 is 0 Å². The van der Waals surface area contributed by atoms with E-state index in [0.29, 0.717) is 26.2 Å². The number of ether oxygens (including phenoxy) is 2. The number of benzene rings is 1. The van der Waals surface area contributed by atoms with Gasteiger partial charge >= 0.3 is 5.97 Å². The Balaban J connectivity index is 1.68. The van der Waals surface area contributed by atoms with E-state index < -0.39 is 5.41 Å². The van der Waals surface area contributed by atoms with Crippen LogP contribution in [0.1, 0.15) is 38.9 Å². The summed E-state index contributed by atoms with van der Waals surface area (Å²) in [7, 11) is 0. The molecular formula is C22H31N3O3. The van der Waals surface area contributed by atoms with E-state index in [1.165, 1.54) is 0 Å². The first-order chi connectivity index (χ1) is 13.7. The highest BCUT2D eigenvalue weighted by molar-refractivity contribution is 5.77. The number of aryl methyl sites for hydroxylation is 1. The van der Waals surface area contributed by atoms with Crippen molar-refractivity contribution in [2.75, 3.05) is 26.3 Å². The first-order valence-corrected chi connectivity index (χ1v) is 10.2. The van der Waals surface area contributed by atoms with Crippen LogP contribution in [-0.4, -0.2) is 46.7 Å². The largest absolute Gasteiger partial charge is 0.494 e. The number of likely N-dealkylation sites (tertiary alicyclic amines) is 1. The zero-order valence-electron chi connectivity index (χ0n) is 17.0. The third-order valence-electron chi connectivity index (χ3n) is 5.46. The van der Waals surface area contributed by atoms with Crippen LogP contribution >= 0.6 is 0 Å². The Morgan fingerprint density at radius 2 is 2.07 bits per heavy atom. The molecule has 1 aromatic carbocycles. The Hall–Kier alpha value is -2.34. The topological polar surface area (TPSA) is 56.6 Å². The molecule has 0 radical (unpaired) electrons. The van der Waals surface area contributed by atoms with Crippen molar-refractivity contribution >= 4 is 5.97 Å². The quantitative estimate of drug-likeness (QED) is 0.618. The molecule has 1 aromatic heterocycles. The van der Waals surface area contributed by atoms with Crippen LogP contribution < -0.4 is 4.74 Å². The Labute approximate surface area is 167 Å². The summed E-state index contributed by atoms with van der Waals surface area (Å²) in [6.45, 7) is 8.19. The van der Waals surface area contributed by atoms with Crippen molar-refractivity contribution in [3.8, 4) is 5.75 Å². The average molecular weight is 386 g/mol. The lowest BCUT2D eigenvalue weighted by molar-refractivity contribution is -0.160. The summed E-state index contributed by atoms with van der Waals surface area (Å²) in [5.41, 5.74) is -0.521. The molecule has 0 spiro atoms. The minimum Gasteiger partial charge on any atom is -0.494 e. The van der Waals surface area contributed by atoms with Crippen molar-refractivity contribution in [3.63, 3.8) is 0 Å². The van der Waals surface area contributed by atoms with Crippen LogP contribution in [0.25, 0.3) is 0 Å². The lowest BCUT2D eigenvalue weighted by Crippen LogP contribution is -2.49. The molecule has 1 saturated heterocycles. The lowest BCUT2D eigenvalue weighted by atomic mass is 9.77. The van der Waals surface area contributed by atoms with Gasteiger partial charge in [0.15, 0.2) is 0 Å². The number of imidazole rings is 1. The summed E-state index contributed by atoms with van der Waals surface area (Å²) in [6, 6.07) is 9.75. The predicted octanol–water partition coefficient (Wildman–Crippen LogP) is 3.52. The first-order valence-electron chi connectivity index (χ1n) is 10.2. The molecule has 3 rings (SSSR count). The van der Waals surface area contributed by atoms with E-state index in [-0.39, 0.29) is 5.97 Å². The Morgan fingerprint density at radius 3 is 2.82 bits per heavy atom. The molecule has 2 heterocycles. The van der Waals surface area contributed by atoms with Gasteiger partial charge in [-0.15, -0.1) is 0 Å². The van der Waals surface area contributed by atoms with Gasteiger partial charge in [0.05, 0.1) is 25.2 Å².